The van der Waals surface area contributed by atoms with Gasteiger partial charge in [-0.25, -0.2) is 14.4 Å². The quantitative estimate of drug-likeness (QED) is 0.245. The topological polar surface area (TPSA) is 119 Å². The maximum atomic E-state index is 13.1. The van der Waals surface area contributed by atoms with Gasteiger partial charge in [-0.05, 0) is 60.7 Å². The minimum Gasteiger partial charge on any atom is -0.478 e. The van der Waals surface area contributed by atoms with Gasteiger partial charge in [0.1, 0.15) is 0 Å². The molecular formula is C26H16ClF6NO7. The SMILES string of the molecule is O=C(O[C@H](C(=O)O)[C@H](OC(=O)c1cccc(C(F)(F)F)c1)C(=O)Nc1ccc(Cl)cc1)c1cccc(C(F)(F)F)c1. The molecule has 41 heavy (non-hydrogen) atoms. The Morgan fingerprint density at radius 1 is 0.707 bits per heavy atom. The Balaban J connectivity index is 1.96. The number of alkyl halides is 6. The summed E-state index contributed by atoms with van der Waals surface area (Å²) in [5.74, 6) is -6.72. The number of esters is 2. The summed E-state index contributed by atoms with van der Waals surface area (Å²) in [5, 5.41) is 12.1. The van der Waals surface area contributed by atoms with Gasteiger partial charge < -0.3 is 19.9 Å². The van der Waals surface area contributed by atoms with E-state index in [0.29, 0.717) is 24.3 Å². The first-order valence-electron chi connectivity index (χ1n) is 11.1. The lowest BCUT2D eigenvalue weighted by molar-refractivity contribution is -0.157. The Morgan fingerprint density at radius 2 is 1.15 bits per heavy atom. The van der Waals surface area contributed by atoms with E-state index in [9.17, 15) is 50.6 Å². The summed E-state index contributed by atoms with van der Waals surface area (Å²) < 4.78 is 88.2. The van der Waals surface area contributed by atoms with Gasteiger partial charge >= 0.3 is 30.3 Å². The molecule has 0 saturated heterocycles. The van der Waals surface area contributed by atoms with Crippen molar-refractivity contribution in [2.75, 3.05) is 5.32 Å². The number of halogens is 7. The van der Waals surface area contributed by atoms with Crippen LogP contribution in [0.15, 0.2) is 72.8 Å². The van der Waals surface area contributed by atoms with Gasteiger partial charge in [-0.3, -0.25) is 4.79 Å². The molecule has 0 spiro atoms. The first-order chi connectivity index (χ1) is 19.1. The second kappa shape index (κ2) is 12.3. The fourth-order valence-corrected chi connectivity index (χ4v) is 3.38. The Kier molecular flexibility index (Phi) is 9.28. The molecule has 2 atom stereocenters. The third-order valence-corrected chi connectivity index (χ3v) is 5.46. The molecule has 0 aliphatic rings. The zero-order valence-electron chi connectivity index (χ0n) is 20.1. The molecule has 216 valence electrons. The number of benzene rings is 3. The lowest BCUT2D eigenvalue weighted by Crippen LogP contribution is -2.48. The zero-order chi connectivity index (χ0) is 30.5. The molecule has 0 bridgehead atoms. The van der Waals surface area contributed by atoms with E-state index < -0.39 is 70.6 Å². The smallest absolute Gasteiger partial charge is 0.416 e. The van der Waals surface area contributed by atoms with Crippen LogP contribution in [0.3, 0.4) is 0 Å². The molecule has 0 aromatic heterocycles. The van der Waals surface area contributed by atoms with Crippen molar-refractivity contribution < 1.29 is 60.1 Å². The van der Waals surface area contributed by atoms with Gasteiger partial charge in [0.15, 0.2) is 0 Å². The van der Waals surface area contributed by atoms with Crippen molar-refractivity contribution in [1.29, 1.82) is 0 Å². The van der Waals surface area contributed by atoms with Crippen molar-refractivity contribution in [3.05, 3.63) is 100 Å². The number of anilines is 1. The standard InChI is InChI=1S/C26H16ClF6NO7/c27-17-7-9-18(10-8-17)34-21(35)19(40-23(38)13-3-1-5-15(11-13)25(28,29)30)20(22(36)37)41-24(39)14-4-2-6-16(12-14)26(31,32)33/h1-12,19-20H,(H,34,35)(H,36,37)/t19-,20-/m0/s1. The van der Waals surface area contributed by atoms with Crippen LogP contribution in [0.5, 0.6) is 0 Å². The highest BCUT2D eigenvalue weighted by atomic mass is 35.5. The Bertz CT molecular complexity index is 1460. The molecule has 2 N–H and O–H groups in total. The molecule has 3 aromatic carbocycles. The number of carbonyl (C=O) groups is 4. The summed E-state index contributed by atoms with van der Waals surface area (Å²) in [7, 11) is 0. The average molecular weight is 604 g/mol. The molecular weight excluding hydrogens is 588 g/mol. The lowest BCUT2D eigenvalue weighted by Gasteiger charge is -2.24. The van der Waals surface area contributed by atoms with E-state index in [1.165, 1.54) is 24.3 Å². The minimum atomic E-state index is -4.87. The van der Waals surface area contributed by atoms with Crippen molar-refractivity contribution in [2.24, 2.45) is 0 Å². The second-order valence-corrected chi connectivity index (χ2v) is 8.58. The van der Waals surface area contributed by atoms with Crippen LogP contribution >= 0.6 is 11.6 Å². The Labute approximate surface area is 231 Å². The van der Waals surface area contributed by atoms with Crippen LogP contribution in [0.25, 0.3) is 0 Å². The van der Waals surface area contributed by atoms with Crippen LogP contribution in [0.2, 0.25) is 5.02 Å². The van der Waals surface area contributed by atoms with E-state index in [4.69, 9.17) is 21.1 Å². The van der Waals surface area contributed by atoms with E-state index in [1.807, 2.05) is 0 Å². The predicted octanol–water partition coefficient (Wildman–Crippen LogP) is 5.85. The normalized spacial score (nSPS) is 13.0. The van der Waals surface area contributed by atoms with Crippen LogP contribution in [0.1, 0.15) is 31.8 Å². The molecule has 0 heterocycles. The number of carboxylic acid groups (broad SMARTS) is 1. The summed E-state index contributed by atoms with van der Waals surface area (Å²) in [4.78, 5) is 50.4. The fourth-order valence-electron chi connectivity index (χ4n) is 3.25. The fraction of sp³-hybridized carbons (Fsp3) is 0.154. The molecule has 3 aromatic rings. The van der Waals surface area contributed by atoms with Crippen LogP contribution in [0, 0.1) is 0 Å². The second-order valence-electron chi connectivity index (χ2n) is 8.14. The monoisotopic (exact) mass is 603 g/mol. The summed E-state index contributed by atoms with van der Waals surface area (Å²) in [6.45, 7) is 0. The molecule has 0 aliphatic carbocycles. The van der Waals surface area contributed by atoms with Crippen molar-refractivity contribution in [3.8, 4) is 0 Å². The first kappa shape index (κ1) is 30.9. The van der Waals surface area contributed by atoms with Gasteiger partial charge in [-0.15, -0.1) is 0 Å². The molecule has 1 amide bonds. The van der Waals surface area contributed by atoms with Gasteiger partial charge in [0.25, 0.3) is 5.91 Å². The third-order valence-electron chi connectivity index (χ3n) is 5.21. The van der Waals surface area contributed by atoms with E-state index in [2.05, 4.69) is 5.32 Å². The number of carboxylic acids is 1. The average Bonchev–Trinajstić information content (AvgIpc) is 2.90. The van der Waals surface area contributed by atoms with Crippen LogP contribution < -0.4 is 5.32 Å². The minimum absolute atomic E-state index is 0.00661. The van der Waals surface area contributed by atoms with Crippen LogP contribution in [-0.4, -0.2) is 41.1 Å². The first-order valence-corrected chi connectivity index (χ1v) is 11.5. The highest BCUT2D eigenvalue weighted by Crippen LogP contribution is 2.31. The molecule has 0 aliphatic heterocycles. The molecule has 15 heteroatoms. The van der Waals surface area contributed by atoms with Crippen LogP contribution in [0.4, 0.5) is 32.0 Å². The van der Waals surface area contributed by atoms with Crippen molar-refractivity contribution >= 4 is 41.1 Å². The van der Waals surface area contributed by atoms with Gasteiger partial charge in [-0.2, -0.15) is 26.3 Å². The summed E-state index contributed by atoms with van der Waals surface area (Å²) in [6, 6.07) is 10.6. The highest BCUT2D eigenvalue weighted by Gasteiger charge is 2.42. The summed E-state index contributed by atoms with van der Waals surface area (Å²) in [6.07, 6.45) is -14.9. The van der Waals surface area contributed by atoms with E-state index in [-0.39, 0.29) is 10.7 Å². The van der Waals surface area contributed by atoms with Crippen LogP contribution in [-0.2, 0) is 31.4 Å². The molecule has 0 fully saturated rings. The van der Waals surface area contributed by atoms with E-state index in [0.717, 1.165) is 24.3 Å². The van der Waals surface area contributed by atoms with Gasteiger partial charge in [0.05, 0.1) is 22.3 Å². The summed E-state index contributed by atoms with van der Waals surface area (Å²) in [5.41, 5.74) is -4.04. The maximum Gasteiger partial charge on any atom is 0.416 e. The lowest BCUT2D eigenvalue weighted by atomic mass is 10.1. The highest BCUT2D eigenvalue weighted by molar-refractivity contribution is 6.30. The number of aliphatic carboxylic acids is 1. The number of carbonyl (C=O) groups excluding carboxylic acids is 3. The van der Waals surface area contributed by atoms with Gasteiger partial charge in [-0.1, -0.05) is 23.7 Å². The van der Waals surface area contributed by atoms with E-state index >= 15 is 0 Å². The number of hydrogen-bond acceptors (Lipinski definition) is 6. The predicted molar refractivity (Wildman–Crippen MR) is 129 cm³/mol. The third kappa shape index (κ3) is 8.20. The number of nitrogens with one attached hydrogen (secondary N) is 1. The number of rotatable bonds is 8. The molecule has 0 radical (unpaired) electrons. The van der Waals surface area contributed by atoms with Crippen molar-refractivity contribution in [3.63, 3.8) is 0 Å². The van der Waals surface area contributed by atoms with E-state index in [1.54, 1.807) is 0 Å². The number of hydrogen-bond donors (Lipinski definition) is 2. The number of ether oxygens (including phenoxy) is 2. The molecule has 0 saturated carbocycles. The zero-order valence-corrected chi connectivity index (χ0v) is 20.9. The number of amides is 1. The van der Waals surface area contributed by atoms with Crippen molar-refractivity contribution in [2.45, 2.75) is 24.6 Å². The Morgan fingerprint density at radius 3 is 1.56 bits per heavy atom. The van der Waals surface area contributed by atoms with Gasteiger partial charge in [0, 0.05) is 10.7 Å². The maximum absolute atomic E-state index is 13.1. The molecule has 8 nitrogen and oxygen atoms in total. The molecule has 0 unspecified atom stereocenters. The largest absolute Gasteiger partial charge is 0.478 e. The van der Waals surface area contributed by atoms with Crippen molar-refractivity contribution in [1.82, 2.24) is 0 Å². The summed E-state index contributed by atoms with van der Waals surface area (Å²) >= 11 is 5.77. The van der Waals surface area contributed by atoms with Gasteiger partial charge in [0.2, 0.25) is 12.2 Å². The Hall–Kier alpha value is -4.59. The molecule has 3 rings (SSSR count).